The van der Waals surface area contributed by atoms with E-state index in [0.29, 0.717) is 20.7 Å². The molecule has 6 aromatic rings. The number of amides is 1. The van der Waals surface area contributed by atoms with Crippen LogP contribution in [0.15, 0.2) is 59.7 Å². The van der Waals surface area contributed by atoms with Gasteiger partial charge in [-0.1, -0.05) is 36.4 Å². The van der Waals surface area contributed by atoms with Crippen molar-refractivity contribution in [1.82, 2.24) is 18.9 Å². The summed E-state index contributed by atoms with van der Waals surface area (Å²) >= 11 is 1.24. The first-order valence-corrected chi connectivity index (χ1v) is 11.3. The van der Waals surface area contributed by atoms with Crippen LogP contribution in [-0.4, -0.2) is 24.8 Å². The van der Waals surface area contributed by atoms with Crippen LogP contribution in [0.2, 0.25) is 0 Å². The van der Waals surface area contributed by atoms with Gasteiger partial charge in [0.1, 0.15) is 10.7 Å². The molecule has 0 bridgehead atoms. The second-order valence-electron chi connectivity index (χ2n) is 8.10. The highest BCUT2D eigenvalue weighted by molar-refractivity contribution is 7.20. The summed E-state index contributed by atoms with van der Waals surface area (Å²) in [5, 5.41) is 5.55. The van der Waals surface area contributed by atoms with Gasteiger partial charge >= 0.3 is 0 Å². The van der Waals surface area contributed by atoms with E-state index in [4.69, 9.17) is 4.98 Å². The van der Waals surface area contributed by atoms with Crippen molar-refractivity contribution in [3.8, 4) is 0 Å². The summed E-state index contributed by atoms with van der Waals surface area (Å²) < 4.78 is 3.52. The molecule has 0 fully saturated rings. The largest absolute Gasteiger partial charge is 0.319 e. The molecule has 0 atom stereocenters. The number of carbonyl (C=O) groups excluding carboxylic acids is 1. The monoisotopic (exact) mass is 453 g/mol. The van der Waals surface area contributed by atoms with Crippen LogP contribution >= 0.6 is 11.3 Å². The fourth-order valence-electron chi connectivity index (χ4n) is 4.55. The van der Waals surface area contributed by atoms with Crippen molar-refractivity contribution in [2.24, 2.45) is 7.05 Å². The van der Waals surface area contributed by atoms with E-state index in [-0.39, 0.29) is 11.5 Å². The number of aromatic nitrogens is 4. The quantitative estimate of drug-likeness (QED) is 0.408. The molecule has 0 aliphatic heterocycles. The van der Waals surface area contributed by atoms with Crippen LogP contribution in [0.25, 0.3) is 37.5 Å². The van der Waals surface area contributed by atoms with Gasteiger partial charge in [-0.3, -0.25) is 14.0 Å². The van der Waals surface area contributed by atoms with Crippen molar-refractivity contribution in [3.05, 3.63) is 81.5 Å². The topological polar surface area (TPSA) is 81.3 Å². The first kappa shape index (κ1) is 19.6. The zero-order valence-corrected chi connectivity index (χ0v) is 19.0. The molecule has 1 amide bonds. The number of benzene rings is 2. The molecule has 33 heavy (non-hydrogen) atoms. The maximum absolute atomic E-state index is 13.5. The molecule has 0 aliphatic rings. The fourth-order valence-corrected chi connectivity index (χ4v) is 5.58. The van der Waals surface area contributed by atoms with Gasteiger partial charge in [-0.05, 0) is 31.5 Å². The molecule has 0 unspecified atom stereocenters. The highest BCUT2D eigenvalue weighted by Crippen LogP contribution is 2.37. The molecule has 4 heterocycles. The minimum absolute atomic E-state index is 0.153. The number of nitrogens with zero attached hydrogens (tertiary/aromatic N) is 4. The maximum atomic E-state index is 13.5. The van der Waals surface area contributed by atoms with Crippen LogP contribution in [0.5, 0.6) is 0 Å². The van der Waals surface area contributed by atoms with E-state index in [0.717, 1.165) is 38.8 Å². The molecule has 0 saturated heterocycles. The Balaban J connectivity index is 1.61. The van der Waals surface area contributed by atoms with Gasteiger partial charge in [-0.2, -0.15) is 0 Å². The van der Waals surface area contributed by atoms with Gasteiger partial charge in [0.15, 0.2) is 0 Å². The summed E-state index contributed by atoms with van der Waals surface area (Å²) in [4.78, 5) is 36.3. The molecular formula is C25H19N5O2S. The Bertz CT molecular complexity index is 1830. The molecule has 2 aromatic carbocycles. The Labute approximate surface area is 191 Å². The summed E-state index contributed by atoms with van der Waals surface area (Å²) in [6.07, 6.45) is 1.49. The van der Waals surface area contributed by atoms with E-state index in [1.165, 1.54) is 22.2 Å². The number of rotatable bonds is 2. The zero-order valence-electron chi connectivity index (χ0n) is 18.2. The van der Waals surface area contributed by atoms with Crippen molar-refractivity contribution in [2.45, 2.75) is 13.8 Å². The minimum atomic E-state index is -0.255. The van der Waals surface area contributed by atoms with Crippen molar-refractivity contribution in [1.29, 1.82) is 0 Å². The summed E-state index contributed by atoms with van der Waals surface area (Å²) in [5.74, 6) is 0.584. The molecule has 0 spiro atoms. The normalized spacial score (nSPS) is 11.7. The van der Waals surface area contributed by atoms with E-state index < -0.39 is 0 Å². The third-order valence-corrected chi connectivity index (χ3v) is 7.29. The fraction of sp³-hybridized carbons (Fsp3) is 0.120. The summed E-state index contributed by atoms with van der Waals surface area (Å²) in [7, 11) is 1.66. The average Bonchev–Trinajstić information content (AvgIpc) is 3.33. The Morgan fingerprint density at radius 1 is 1.03 bits per heavy atom. The third kappa shape index (κ3) is 2.74. The van der Waals surface area contributed by atoms with Crippen molar-refractivity contribution < 1.29 is 4.79 Å². The van der Waals surface area contributed by atoms with Gasteiger partial charge in [-0.25, -0.2) is 9.97 Å². The highest BCUT2D eigenvalue weighted by atomic mass is 32.1. The number of para-hydroxylation sites is 2. The second-order valence-corrected chi connectivity index (χ2v) is 9.10. The molecule has 8 heteroatoms. The number of hydrogen-bond donors (Lipinski definition) is 1. The van der Waals surface area contributed by atoms with E-state index >= 15 is 0 Å². The first-order chi connectivity index (χ1) is 16.0. The number of nitrogens with one attached hydrogen (secondary N) is 1. The van der Waals surface area contributed by atoms with Gasteiger partial charge < -0.3 is 9.88 Å². The van der Waals surface area contributed by atoms with E-state index in [2.05, 4.69) is 14.7 Å². The number of aryl methyl sites for hydroxylation is 3. The number of thiophene rings is 1. The highest BCUT2D eigenvalue weighted by Gasteiger charge is 2.23. The lowest BCUT2D eigenvalue weighted by Gasteiger charge is -2.09. The lowest BCUT2D eigenvalue weighted by molar-refractivity contribution is 0.103. The van der Waals surface area contributed by atoms with Crippen LogP contribution in [0.1, 0.15) is 21.1 Å². The average molecular weight is 454 g/mol. The standard InChI is InChI=1S/C25H19N5O2S/c1-13-19-24(26-12-29(3)25(19)32)33-22(13)23(31)28-20-16-9-5-7-11-18(16)30-14(2)27-17-10-6-4-8-15(17)21(20)30/h4-12H,1-3H3,(H,28,31). The van der Waals surface area contributed by atoms with Crippen LogP contribution in [0.4, 0.5) is 5.69 Å². The van der Waals surface area contributed by atoms with Gasteiger partial charge in [0.25, 0.3) is 11.5 Å². The van der Waals surface area contributed by atoms with Crippen LogP contribution in [0, 0.1) is 13.8 Å². The molecule has 4 aromatic heterocycles. The van der Waals surface area contributed by atoms with Gasteiger partial charge in [-0.15, -0.1) is 11.3 Å². The molecule has 0 aliphatic carbocycles. The van der Waals surface area contributed by atoms with Crippen molar-refractivity contribution in [2.75, 3.05) is 5.32 Å². The number of carbonyl (C=O) groups is 1. The molecule has 0 saturated carbocycles. The predicted molar refractivity (Wildman–Crippen MR) is 132 cm³/mol. The lowest BCUT2D eigenvalue weighted by atomic mass is 10.1. The van der Waals surface area contributed by atoms with Crippen molar-refractivity contribution >= 4 is 60.5 Å². The van der Waals surface area contributed by atoms with Crippen LogP contribution in [0.3, 0.4) is 0 Å². The number of fused-ring (bicyclic) bond motifs is 6. The molecule has 1 N–H and O–H groups in total. The number of anilines is 1. The molecule has 0 radical (unpaired) electrons. The third-order valence-electron chi connectivity index (χ3n) is 6.10. The molecule has 7 nitrogen and oxygen atoms in total. The SMILES string of the molecule is Cc1c(C(=O)Nc2c3ccccc3n3c(C)nc4ccccc4c23)sc2ncn(C)c(=O)c12. The van der Waals surface area contributed by atoms with E-state index in [9.17, 15) is 9.59 Å². The second kappa shape index (κ2) is 6.98. The van der Waals surface area contributed by atoms with E-state index in [1.54, 1.807) is 14.0 Å². The minimum Gasteiger partial charge on any atom is -0.319 e. The number of hydrogen-bond acceptors (Lipinski definition) is 5. The van der Waals surface area contributed by atoms with Crippen molar-refractivity contribution in [3.63, 3.8) is 0 Å². The Hall–Kier alpha value is -4.04. The smallest absolute Gasteiger partial charge is 0.266 e. The zero-order chi connectivity index (χ0) is 22.9. The molecule has 162 valence electrons. The maximum Gasteiger partial charge on any atom is 0.266 e. The first-order valence-electron chi connectivity index (χ1n) is 10.5. The van der Waals surface area contributed by atoms with Gasteiger partial charge in [0, 0.05) is 17.8 Å². The van der Waals surface area contributed by atoms with Crippen LogP contribution in [-0.2, 0) is 7.05 Å². The summed E-state index contributed by atoms with van der Waals surface area (Å²) in [6, 6.07) is 15.9. The molecular weight excluding hydrogens is 434 g/mol. The van der Waals surface area contributed by atoms with Gasteiger partial charge in [0.2, 0.25) is 0 Å². The summed E-state index contributed by atoms with van der Waals surface area (Å²) in [5.41, 5.74) is 3.97. The van der Waals surface area contributed by atoms with E-state index in [1.807, 2.05) is 55.5 Å². The lowest BCUT2D eigenvalue weighted by Crippen LogP contribution is -2.17. The Morgan fingerprint density at radius 2 is 1.76 bits per heavy atom. The summed E-state index contributed by atoms with van der Waals surface area (Å²) in [6.45, 7) is 3.77. The predicted octanol–water partition coefficient (Wildman–Crippen LogP) is 4.82. The van der Waals surface area contributed by atoms with Crippen LogP contribution < -0.4 is 10.9 Å². The van der Waals surface area contributed by atoms with Gasteiger partial charge in [0.05, 0.1) is 38.8 Å². The Kier molecular flexibility index (Phi) is 4.15. The molecule has 6 rings (SSSR count). The Morgan fingerprint density at radius 3 is 2.58 bits per heavy atom.